The molecule has 0 aromatic rings. The molecule has 1 unspecified atom stereocenters. The summed E-state index contributed by atoms with van der Waals surface area (Å²) in [6.45, 7) is 5.20. The predicted octanol–water partition coefficient (Wildman–Crippen LogP) is 0.639. The van der Waals surface area contributed by atoms with Crippen molar-refractivity contribution in [2.45, 2.75) is 19.4 Å². The molecule has 0 aliphatic carbocycles. The van der Waals surface area contributed by atoms with Gasteiger partial charge in [0.05, 0.1) is 4.91 Å². The first-order chi connectivity index (χ1) is 4.08. The van der Waals surface area contributed by atoms with Crippen molar-refractivity contribution in [3.05, 3.63) is 11.5 Å². The molecule has 1 saturated heterocycles. The van der Waals surface area contributed by atoms with Crippen LogP contribution < -0.4 is 0 Å². The molecule has 1 heterocycles. The maximum atomic E-state index is 10.5. The summed E-state index contributed by atoms with van der Waals surface area (Å²) >= 11 is 0. The molecule has 4 heteroatoms. The topological polar surface area (TPSA) is 43.4 Å². The molecule has 0 amide bonds. The molecule has 1 aliphatic rings. The van der Waals surface area contributed by atoms with Crippen LogP contribution in [0.5, 0.6) is 0 Å². The van der Waals surface area contributed by atoms with Gasteiger partial charge >= 0.3 is 0 Å². The van der Waals surface area contributed by atoms with Gasteiger partial charge < -0.3 is 0 Å². The normalized spacial score (nSPS) is 31.7. The Bertz CT molecular complexity index is 227. The number of hydrogen-bond acceptors (Lipinski definition) is 3. The van der Waals surface area contributed by atoms with Crippen molar-refractivity contribution < 1.29 is 12.6 Å². The lowest BCUT2D eigenvalue weighted by Crippen LogP contribution is -2.34. The van der Waals surface area contributed by atoms with Crippen molar-refractivity contribution in [3.8, 4) is 0 Å². The number of hydrogen-bond donors (Lipinski definition) is 0. The Morgan fingerprint density at radius 2 is 2.33 bits per heavy atom. The second-order valence-electron chi connectivity index (χ2n) is 1.91. The van der Waals surface area contributed by atoms with Crippen molar-refractivity contribution in [2.75, 3.05) is 0 Å². The van der Waals surface area contributed by atoms with Crippen LogP contribution in [0.25, 0.3) is 0 Å². The summed E-state index contributed by atoms with van der Waals surface area (Å²) in [7, 11) is -3.32. The van der Waals surface area contributed by atoms with Gasteiger partial charge in [0.2, 0.25) is 0 Å². The van der Waals surface area contributed by atoms with Gasteiger partial charge in [0, 0.05) is 0 Å². The summed E-state index contributed by atoms with van der Waals surface area (Å²) in [6, 6.07) is 0. The van der Waals surface area contributed by atoms with E-state index in [1.807, 2.05) is 6.92 Å². The largest absolute Gasteiger partial charge is 0.295 e. The molecular weight excluding hydrogens is 140 g/mol. The molecule has 0 bridgehead atoms. The minimum Gasteiger partial charge on any atom is -0.258 e. The van der Waals surface area contributed by atoms with Gasteiger partial charge in [-0.25, -0.2) is 0 Å². The van der Waals surface area contributed by atoms with E-state index in [0.29, 0.717) is 6.42 Å². The van der Waals surface area contributed by atoms with Crippen LogP contribution in [-0.4, -0.2) is 14.5 Å². The summed E-state index contributed by atoms with van der Waals surface area (Å²) in [4.78, 5) is 0.213. The molecule has 0 saturated carbocycles. The lowest BCUT2D eigenvalue weighted by Gasteiger charge is -2.26. The third kappa shape index (κ3) is 0.881. The average molecular weight is 148 g/mol. The fourth-order valence-electron chi connectivity index (χ4n) is 0.682. The van der Waals surface area contributed by atoms with Gasteiger partial charge in [-0.3, -0.25) is 4.18 Å². The van der Waals surface area contributed by atoms with E-state index < -0.39 is 10.1 Å². The Labute approximate surface area is 54.5 Å². The van der Waals surface area contributed by atoms with E-state index >= 15 is 0 Å². The first-order valence-electron chi connectivity index (χ1n) is 2.70. The van der Waals surface area contributed by atoms with Crippen LogP contribution in [0.15, 0.2) is 11.5 Å². The zero-order chi connectivity index (χ0) is 7.07. The molecule has 1 aliphatic heterocycles. The van der Waals surface area contributed by atoms with E-state index in [2.05, 4.69) is 10.8 Å². The molecule has 0 radical (unpaired) electrons. The Hall–Kier alpha value is -0.350. The van der Waals surface area contributed by atoms with E-state index in [1.165, 1.54) is 0 Å². The van der Waals surface area contributed by atoms with Crippen molar-refractivity contribution in [2.24, 2.45) is 0 Å². The van der Waals surface area contributed by atoms with Gasteiger partial charge in [-0.1, -0.05) is 13.5 Å². The minimum atomic E-state index is -3.32. The molecule has 1 rings (SSSR count). The Morgan fingerprint density at radius 3 is 2.44 bits per heavy atom. The van der Waals surface area contributed by atoms with E-state index in [0.717, 1.165) is 0 Å². The molecule has 0 spiro atoms. The third-order valence-electron chi connectivity index (χ3n) is 1.29. The Balaban J connectivity index is 2.74. The SMILES string of the molecule is C=C1C(CC)OS1(=O)=O. The van der Waals surface area contributed by atoms with Crippen LogP contribution >= 0.6 is 0 Å². The van der Waals surface area contributed by atoms with Gasteiger partial charge in [-0.2, -0.15) is 8.42 Å². The monoisotopic (exact) mass is 148 g/mol. The highest BCUT2D eigenvalue weighted by Gasteiger charge is 2.38. The van der Waals surface area contributed by atoms with Gasteiger partial charge in [0.25, 0.3) is 10.1 Å². The summed E-state index contributed by atoms with van der Waals surface area (Å²) < 4.78 is 25.4. The molecule has 0 aromatic heterocycles. The van der Waals surface area contributed by atoms with Crippen LogP contribution in [-0.2, 0) is 14.3 Å². The van der Waals surface area contributed by atoms with E-state index in [1.54, 1.807) is 0 Å². The van der Waals surface area contributed by atoms with Crippen molar-refractivity contribution in [1.29, 1.82) is 0 Å². The molecule has 0 N–H and O–H groups in total. The van der Waals surface area contributed by atoms with E-state index in [4.69, 9.17) is 0 Å². The van der Waals surface area contributed by atoms with Gasteiger partial charge in [0.1, 0.15) is 6.10 Å². The first-order valence-corrected chi connectivity index (χ1v) is 4.11. The van der Waals surface area contributed by atoms with Gasteiger partial charge in [-0.15, -0.1) is 0 Å². The zero-order valence-electron chi connectivity index (χ0n) is 5.12. The molecule has 52 valence electrons. The zero-order valence-corrected chi connectivity index (χ0v) is 5.94. The van der Waals surface area contributed by atoms with Gasteiger partial charge in [0.15, 0.2) is 0 Å². The van der Waals surface area contributed by atoms with Crippen LogP contribution in [0.1, 0.15) is 13.3 Å². The van der Waals surface area contributed by atoms with Crippen molar-refractivity contribution in [3.63, 3.8) is 0 Å². The van der Waals surface area contributed by atoms with Crippen molar-refractivity contribution >= 4 is 10.1 Å². The highest BCUT2D eigenvalue weighted by Crippen LogP contribution is 2.29. The lowest BCUT2D eigenvalue weighted by molar-refractivity contribution is 0.207. The minimum absolute atomic E-state index is 0.213. The molecule has 1 fully saturated rings. The first kappa shape index (κ1) is 6.77. The van der Waals surface area contributed by atoms with E-state index in [-0.39, 0.29) is 11.0 Å². The Kier molecular flexibility index (Phi) is 1.36. The molecule has 0 aromatic carbocycles. The second-order valence-corrected chi connectivity index (χ2v) is 3.54. The average Bonchev–Trinajstić information content (AvgIpc) is 1.82. The van der Waals surface area contributed by atoms with Crippen LogP contribution in [0.2, 0.25) is 0 Å². The summed E-state index contributed by atoms with van der Waals surface area (Å²) in [6.07, 6.45) is 0.424. The third-order valence-corrected chi connectivity index (χ3v) is 2.68. The predicted molar refractivity (Wildman–Crippen MR) is 33.2 cm³/mol. The quantitative estimate of drug-likeness (QED) is 0.512. The fourth-order valence-corrected chi connectivity index (χ4v) is 1.76. The van der Waals surface area contributed by atoms with Crippen LogP contribution in [0.3, 0.4) is 0 Å². The Morgan fingerprint density at radius 1 is 1.78 bits per heavy atom. The molecule has 3 nitrogen and oxygen atoms in total. The van der Waals surface area contributed by atoms with E-state index in [9.17, 15) is 8.42 Å². The summed E-state index contributed by atoms with van der Waals surface area (Å²) in [5.41, 5.74) is 0. The molecule has 9 heavy (non-hydrogen) atoms. The van der Waals surface area contributed by atoms with Crippen molar-refractivity contribution in [1.82, 2.24) is 0 Å². The smallest absolute Gasteiger partial charge is 0.258 e. The number of rotatable bonds is 1. The highest BCUT2D eigenvalue weighted by molar-refractivity contribution is 7.92. The summed E-state index contributed by atoms with van der Waals surface area (Å²) in [5.74, 6) is 0. The summed E-state index contributed by atoms with van der Waals surface area (Å²) in [5, 5.41) is 0. The second kappa shape index (κ2) is 1.82. The molecular formula is C5H8O3S. The van der Waals surface area contributed by atoms with Crippen LogP contribution in [0.4, 0.5) is 0 Å². The fraction of sp³-hybridized carbons (Fsp3) is 0.600. The highest BCUT2D eigenvalue weighted by atomic mass is 32.2. The lowest BCUT2D eigenvalue weighted by atomic mass is 10.3. The van der Waals surface area contributed by atoms with Crippen LogP contribution in [0, 0.1) is 0 Å². The maximum Gasteiger partial charge on any atom is 0.295 e. The molecule has 1 atom stereocenters. The van der Waals surface area contributed by atoms with Gasteiger partial charge in [-0.05, 0) is 6.42 Å². The maximum absolute atomic E-state index is 10.5. The standard InChI is InChI=1S/C5H8O3S/c1-3-5-4(2)9(6,7)8-5/h5H,2-3H2,1H3.